The maximum atomic E-state index is 9.00. The van der Waals surface area contributed by atoms with Crippen molar-refractivity contribution in [2.24, 2.45) is 0 Å². The Balaban J connectivity index is 2.15. The van der Waals surface area contributed by atoms with E-state index in [2.05, 4.69) is 15.5 Å². The first kappa shape index (κ1) is 13.6. The molecule has 0 amide bonds. The van der Waals surface area contributed by atoms with Gasteiger partial charge in [0.15, 0.2) is 5.82 Å². The number of aromatic nitrogens is 4. The van der Waals surface area contributed by atoms with Crippen molar-refractivity contribution in [2.75, 3.05) is 26.3 Å². The number of nitrogens with zero attached hydrogens (tertiary/aromatic N) is 5. The zero-order chi connectivity index (χ0) is 13.5. The number of rotatable bonds is 7. The lowest BCUT2D eigenvalue weighted by molar-refractivity contribution is 0.152. The van der Waals surface area contributed by atoms with E-state index >= 15 is 0 Å². The second-order valence-electron chi connectivity index (χ2n) is 4.07. The van der Waals surface area contributed by atoms with Crippen LogP contribution in [0.25, 0.3) is 5.69 Å². The van der Waals surface area contributed by atoms with Gasteiger partial charge in [0.05, 0.1) is 25.4 Å². The predicted octanol–water partition coefficient (Wildman–Crippen LogP) is -0.551. The molecule has 2 aromatic rings. The summed E-state index contributed by atoms with van der Waals surface area (Å²) in [6, 6.07) is 9.60. The Morgan fingerprint density at radius 2 is 1.74 bits per heavy atom. The molecule has 1 aromatic heterocycles. The van der Waals surface area contributed by atoms with Crippen LogP contribution in [0.15, 0.2) is 30.3 Å². The van der Waals surface area contributed by atoms with Gasteiger partial charge in [0, 0.05) is 13.1 Å². The fraction of sp³-hybridized carbons (Fsp3) is 0.417. The summed E-state index contributed by atoms with van der Waals surface area (Å²) in [5.41, 5.74) is 0.885. The molecular formula is C12H17N5O2. The van der Waals surface area contributed by atoms with Crippen molar-refractivity contribution in [3.8, 4) is 5.69 Å². The van der Waals surface area contributed by atoms with Crippen molar-refractivity contribution in [1.29, 1.82) is 0 Å². The van der Waals surface area contributed by atoms with Crippen LogP contribution in [0.4, 0.5) is 0 Å². The fourth-order valence-electron chi connectivity index (χ4n) is 1.83. The Kier molecular flexibility index (Phi) is 4.96. The van der Waals surface area contributed by atoms with Crippen LogP contribution < -0.4 is 0 Å². The third kappa shape index (κ3) is 3.57. The van der Waals surface area contributed by atoms with Gasteiger partial charge in [-0.2, -0.15) is 4.68 Å². The van der Waals surface area contributed by atoms with Crippen molar-refractivity contribution < 1.29 is 10.2 Å². The molecule has 7 heteroatoms. The Morgan fingerprint density at radius 3 is 2.37 bits per heavy atom. The summed E-state index contributed by atoms with van der Waals surface area (Å²) >= 11 is 0. The normalized spacial score (nSPS) is 11.1. The van der Waals surface area contributed by atoms with Gasteiger partial charge in [-0.15, -0.1) is 5.10 Å². The Bertz CT molecular complexity index is 482. The Hall–Kier alpha value is -1.83. The first-order valence-corrected chi connectivity index (χ1v) is 6.12. The molecule has 1 heterocycles. The molecule has 0 radical (unpaired) electrons. The number of tetrazole rings is 1. The maximum absolute atomic E-state index is 9.00. The van der Waals surface area contributed by atoms with Gasteiger partial charge < -0.3 is 10.2 Å². The molecule has 102 valence electrons. The summed E-state index contributed by atoms with van der Waals surface area (Å²) in [6.45, 7) is 1.49. The molecule has 0 atom stereocenters. The van der Waals surface area contributed by atoms with Crippen molar-refractivity contribution in [2.45, 2.75) is 6.54 Å². The molecule has 2 N–H and O–H groups in total. The number of benzene rings is 1. The van der Waals surface area contributed by atoms with E-state index in [-0.39, 0.29) is 13.2 Å². The van der Waals surface area contributed by atoms with Crippen LogP contribution in [-0.4, -0.2) is 61.6 Å². The molecule has 0 aliphatic carbocycles. The van der Waals surface area contributed by atoms with Crippen LogP contribution in [0.2, 0.25) is 0 Å². The molecule has 0 fully saturated rings. The average molecular weight is 263 g/mol. The zero-order valence-corrected chi connectivity index (χ0v) is 10.6. The first-order chi connectivity index (χ1) is 9.35. The molecule has 0 bridgehead atoms. The number of aliphatic hydroxyl groups is 2. The molecule has 0 spiro atoms. The number of hydrogen-bond acceptors (Lipinski definition) is 6. The summed E-state index contributed by atoms with van der Waals surface area (Å²) < 4.78 is 1.65. The molecule has 1 aromatic carbocycles. The minimum Gasteiger partial charge on any atom is -0.395 e. The highest BCUT2D eigenvalue weighted by Crippen LogP contribution is 2.08. The number of hydrogen-bond donors (Lipinski definition) is 2. The smallest absolute Gasteiger partial charge is 0.170 e. The molecule has 2 rings (SSSR count). The van der Waals surface area contributed by atoms with Crippen molar-refractivity contribution in [3.05, 3.63) is 36.2 Å². The van der Waals surface area contributed by atoms with Crippen LogP contribution in [0.3, 0.4) is 0 Å². The van der Waals surface area contributed by atoms with Gasteiger partial charge in [0.25, 0.3) is 0 Å². The first-order valence-electron chi connectivity index (χ1n) is 6.12. The van der Waals surface area contributed by atoms with Gasteiger partial charge in [-0.25, -0.2) is 0 Å². The summed E-state index contributed by atoms with van der Waals surface area (Å²) in [4.78, 5) is 1.89. The topological polar surface area (TPSA) is 87.3 Å². The molecule has 0 aliphatic rings. The molecule has 7 nitrogen and oxygen atoms in total. The van der Waals surface area contributed by atoms with Crippen molar-refractivity contribution in [3.63, 3.8) is 0 Å². The zero-order valence-electron chi connectivity index (χ0n) is 10.6. The van der Waals surface area contributed by atoms with Gasteiger partial charge in [-0.3, -0.25) is 4.90 Å². The van der Waals surface area contributed by atoms with E-state index in [0.717, 1.165) is 5.69 Å². The minimum absolute atomic E-state index is 0.0346. The van der Waals surface area contributed by atoms with E-state index < -0.39 is 0 Å². The molecule has 0 aliphatic heterocycles. The largest absolute Gasteiger partial charge is 0.395 e. The lowest BCUT2D eigenvalue weighted by atomic mass is 10.3. The molecule has 19 heavy (non-hydrogen) atoms. The monoisotopic (exact) mass is 263 g/mol. The maximum Gasteiger partial charge on any atom is 0.170 e. The van der Waals surface area contributed by atoms with Gasteiger partial charge >= 0.3 is 0 Å². The highest BCUT2D eigenvalue weighted by Gasteiger charge is 2.12. The van der Waals surface area contributed by atoms with E-state index in [1.165, 1.54) is 0 Å². The number of para-hydroxylation sites is 1. The third-order valence-electron chi connectivity index (χ3n) is 2.73. The molecule has 0 saturated carbocycles. The van der Waals surface area contributed by atoms with Crippen molar-refractivity contribution >= 4 is 0 Å². The van der Waals surface area contributed by atoms with E-state index in [1.54, 1.807) is 4.68 Å². The lowest BCUT2D eigenvalue weighted by Gasteiger charge is -2.19. The predicted molar refractivity (Wildman–Crippen MR) is 68.6 cm³/mol. The molecule has 0 unspecified atom stereocenters. The molecule has 0 saturated heterocycles. The van der Waals surface area contributed by atoms with Crippen LogP contribution >= 0.6 is 0 Å². The van der Waals surface area contributed by atoms with Gasteiger partial charge in [0.2, 0.25) is 0 Å². The van der Waals surface area contributed by atoms with Crippen LogP contribution in [0, 0.1) is 0 Å². The van der Waals surface area contributed by atoms with Crippen LogP contribution in [-0.2, 0) is 6.54 Å². The van der Waals surface area contributed by atoms with Crippen LogP contribution in [0.1, 0.15) is 5.82 Å². The Labute approximate surface area is 111 Å². The van der Waals surface area contributed by atoms with Crippen LogP contribution in [0.5, 0.6) is 0 Å². The number of aliphatic hydroxyl groups excluding tert-OH is 2. The summed E-state index contributed by atoms with van der Waals surface area (Å²) in [7, 11) is 0. The average Bonchev–Trinajstić information content (AvgIpc) is 2.88. The Morgan fingerprint density at radius 1 is 1.05 bits per heavy atom. The molecular weight excluding hydrogens is 246 g/mol. The van der Waals surface area contributed by atoms with Gasteiger partial charge in [-0.05, 0) is 22.6 Å². The third-order valence-corrected chi connectivity index (χ3v) is 2.73. The van der Waals surface area contributed by atoms with E-state index in [0.29, 0.717) is 25.5 Å². The summed E-state index contributed by atoms with van der Waals surface area (Å²) in [5, 5.41) is 29.6. The van der Waals surface area contributed by atoms with E-state index in [1.807, 2.05) is 35.2 Å². The van der Waals surface area contributed by atoms with E-state index in [9.17, 15) is 0 Å². The minimum atomic E-state index is 0.0346. The highest BCUT2D eigenvalue weighted by molar-refractivity contribution is 5.30. The lowest BCUT2D eigenvalue weighted by Crippen LogP contribution is -2.30. The SMILES string of the molecule is OCCN(CCO)Cc1nnnn1-c1ccccc1. The highest BCUT2D eigenvalue weighted by atomic mass is 16.3. The van der Waals surface area contributed by atoms with Gasteiger partial charge in [0.1, 0.15) is 0 Å². The second-order valence-corrected chi connectivity index (χ2v) is 4.07. The quantitative estimate of drug-likeness (QED) is 0.697. The summed E-state index contributed by atoms with van der Waals surface area (Å²) in [6.07, 6.45) is 0. The summed E-state index contributed by atoms with van der Waals surface area (Å²) in [5.74, 6) is 0.674. The van der Waals surface area contributed by atoms with Crippen molar-refractivity contribution in [1.82, 2.24) is 25.1 Å². The van der Waals surface area contributed by atoms with Gasteiger partial charge in [-0.1, -0.05) is 18.2 Å². The fourth-order valence-corrected chi connectivity index (χ4v) is 1.83. The second kappa shape index (κ2) is 6.93. The van der Waals surface area contributed by atoms with E-state index in [4.69, 9.17) is 10.2 Å². The standard InChI is InChI=1S/C12H17N5O2/c18-8-6-16(7-9-19)10-12-13-14-15-17(12)11-4-2-1-3-5-11/h1-5,18-19H,6-10H2.